The van der Waals surface area contributed by atoms with Gasteiger partial charge in [-0.2, -0.15) is 12.6 Å². The highest BCUT2D eigenvalue weighted by atomic mass is 32.2. The third-order valence-electron chi connectivity index (χ3n) is 3.76. The minimum atomic E-state index is 0.405. The molecular weight excluding hydrogens is 250 g/mol. The van der Waals surface area contributed by atoms with Crippen molar-refractivity contribution in [3.05, 3.63) is 11.5 Å². The summed E-state index contributed by atoms with van der Waals surface area (Å²) in [5.41, 5.74) is 1.42. The van der Waals surface area contributed by atoms with Crippen LogP contribution in [0.5, 0.6) is 0 Å². The minimum Gasteiger partial charge on any atom is -0.437 e. The maximum absolute atomic E-state index is 5.62. The normalized spacial score (nSPS) is 19.5. The third-order valence-corrected chi connectivity index (χ3v) is 5.61. The van der Waals surface area contributed by atoms with Crippen LogP contribution in [-0.4, -0.2) is 16.5 Å². The number of rotatable bonds is 4. The summed E-state index contributed by atoms with van der Waals surface area (Å²) in [7, 11) is 0. The summed E-state index contributed by atoms with van der Waals surface area (Å²) in [6.45, 7) is 3.97. The first kappa shape index (κ1) is 13.3. The summed E-state index contributed by atoms with van der Waals surface area (Å²) < 4.78 is 5.62. The fraction of sp³-hybridized carbons (Fsp3) is 0.769. The van der Waals surface area contributed by atoms with Gasteiger partial charge in [0, 0.05) is 5.75 Å². The molecule has 4 heteroatoms. The molecule has 1 aliphatic carbocycles. The van der Waals surface area contributed by atoms with Crippen molar-refractivity contribution in [1.29, 1.82) is 0 Å². The predicted octanol–water partition coefficient (Wildman–Crippen LogP) is 4.26. The van der Waals surface area contributed by atoms with Crippen molar-refractivity contribution in [3.63, 3.8) is 0 Å². The molecule has 0 spiro atoms. The van der Waals surface area contributed by atoms with Crippen LogP contribution in [0.3, 0.4) is 0 Å². The molecule has 0 atom stereocenters. The van der Waals surface area contributed by atoms with Gasteiger partial charge in [-0.05, 0) is 37.9 Å². The van der Waals surface area contributed by atoms with Crippen molar-refractivity contribution in [2.45, 2.75) is 51.2 Å². The van der Waals surface area contributed by atoms with Crippen LogP contribution in [0.4, 0.5) is 0 Å². The van der Waals surface area contributed by atoms with Crippen molar-refractivity contribution in [3.8, 4) is 0 Å². The smallest absolute Gasteiger partial charge is 0.256 e. The van der Waals surface area contributed by atoms with Crippen LogP contribution in [0.25, 0.3) is 0 Å². The highest BCUT2D eigenvalue weighted by molar-refractivity contribution is 7.99. The van der Waals surface area contributed by atoms with E-state index in [0.29, 0.717) is 5.41 Å². The van der Waals surface area contributed by atoms with Gasteiger partial charge in [-0.15, -0.1) is 0 Å². The molecule has 0 unspecified atom stereocenters. The summed E-state index contributed by atoms with van der Waals surface area (Å²) in [5.74, 6) is 3.02. The van der Waals surface area contributed by atoms with E-state index in [9.17, 15) is 0 Å². The molecule has 0 bridgehead atoms. The molecule has 1 aromatic rings. The first-order chi connectivity index (χ1) is 8.15. The first-order valence-electron chi connectivity index (χ1n) is 6.33. The topological polar surface area (TPSA) is 26.0 Å². The second-order valence-electron chi connectivity index (χ2n) is 5.13. The van der Waals surface area contributed by atoms with E-state index < -0.39 is 0 Å². The molecule has 96 valence electrons. The van der Waals surface area contributed by atoms with Gasteiger partial charge in [0.05, 0.1) is 5.69 Å². The number of thiol groups is 1. The molecule has 1 aliphatic rings. The number of aryl methyl sites for hydroxylation is 2. The van der Waals surface area contributed by atoms with Crippen LogP contribution in [0.1, 0.15) is 43.6 Å². The van der Waals surface area contributed by atoms with Gasteiger partial charge in [-0.1, -0.05) is 31.0 Å². The lowest BCUT2D eigenvalue weighted by Gasteiger charge is -2.35. The van der Waals surface area contributed by atoms with Crippen molar-refractivity contribution in [2.75, 3.05) is 11.5 Å². The molecule has 1 saturated carbocycles. The molecule has 0 aliphatic heterocycles. The largest absolute Gasteiger partial charge is 0.437 e. The van der Waals surface area contributed by atoms with E-state index in [1.54, 1.807) is 11.8 Å². The Morgan fingerprint density at radius 3 is 2.53 bits per heavy atom. The van der Waals surface area contributed by atoms with Crippen LogP contribution >= 0.6 is 24.4 Å². The number of aromatic nitrogens is 1. The van der Waals surface area contributed by atoms with Gasteiger partial charge in [0.2, 0.25) is 0 Å². The summed E-state index contributed by atoms with van der Waals surface area (Å²) in [4.78, 5) is 4.43. The fourth-order valence-electron chi connectivity index (χ4n) is 2.37. The van der Waals surface area contributed by atoms with E-state index in [0.717, 1.165) is 28.2 Å². The van der Waals surface area contributed by atoms with Crippen LogP contribution in [0.15, 0.2) is 9.64 Å². The van der Waals surface area contributed by atoms with Gasteiger partial charge in [-0.3, -0.25) is 0 Å². The monoisotopic (exact) mass is 271 g/mol. The zero-order chi connectivity index (χ0) is 12.3. The Balaban J connectivity index is 1.95. The lowest BCUT2D eigenvalue weighted by atomic mass is 9.77. The maximum Gasteiger partial charge on any atom is 0.256 e. The molecule has 1 fully saturated rings. The van der Waals surface area contributed by atoms with Crippen molar-refractivity contribution in [2.24, 2.45) is 5.41 Å². The molecule has 2 nitrogen and oxygen atoms in total. The zero-order valence-corrected chi connectivity index (χ0v) is 12.4. The summed E-state index contributed by atoms with van der Waals surface area (Å²) in [6.07, 6.45) is 6.71. The first-order valence-corrected chi connectivity index (χ1v) is 7.95. The van der Waals surface area contributed by atoms with Crippen LogP contribution in [0.2, 0.25) is 0 Å². The SMILES string of the molecule is Cc1nc(SCC2(CS)CCCCC2)oc1C. The third kappa shape index (κ3) is 3.22. The van der Waals surface area contributed by atoms with Crippen LogP contribution in [0, 0.1) is 19.3 Å². The molecule has 0 amide bonds. The van der Waals surface area contributed by atoms with E-state index >= 15 is 0 Å². The standard InChI is InChI=1S/C13H21NOS2/c1-10-11(2)15-12(14-10)17-9-13(8-16)6-4-3-5-7-13/h16H,3-9H2,1-2H3. The van der Waals surface area contributed by atoms with E-state index in [1.165, 1.54) is 32.1 Å². The van der Waals surface area contributed by atoms with E-state index in [-0.39, 0.29) is 0 Å². The average molecular weight is 271 g/mol. The minimum absolute atomic E-state index is 0.405. The number of nitrogens with zero attached hydrogens (tertiary/aromatic N) is 1. The van der Waals surface area contributed by atoms with Gasteiger partial charge in [0.15, 0.2) is 0 Å². The molecule has 17 heavy (non-hydrogen) atoms. The summed E-state index contributed by atoms with van der Waals surface area (Å²) >= 11 is 6.32. The Kier molecular flexibility index (Phi) is 4.47. The van der Waals surface area contributed by atoms with E-state index in [4.69, 9.17) is 4.42 Å². The highest BCUT2D eigenvalue weighted by Crippen LogP contribution is 2.41. The molecule has 0 N–H and O–H groups in total. The van der Waals surface area contributed by atoms with E-state index in [1.807, 2.05) is 13.8 Å². The fourth-order valence-corrected chi connectivity index (χ4v) is 4.15. The van der Waals surface area contributed by atoms with E-state index in [2.05, 4.69) is 17.6 Å². The average Bonchev–Trinajstić information content (AvgIpc) is 2.68. The van der Waals surface area contributed by atoms with Gasteiger partial charge >= 0.3 is 0 Å². The number of hydrogen-bond donors (Lipinski definition) is 1. The quantitative estimate of drug-likeness (QED) is 0.654. The Morgan fingerprint density at radius 1 is 1.29 bits per heavy atom. The van der Waals surface area contributed by atoms with Crippen LogP contribution in [-0.2, 0) is 0 Å². The molecule has 2 rings (SSSR count). The lowest BCUT2D eigenvalue weighted by Crippen LogP contribution is -2.28. The Hall–Kier alpha value is -0.0900. The van der Waals surface area contributed by atoms with Gasteiger partial charge in [0.1, 0.15) is 5.76 Å². The molecule has 0 saturated heterocycles. The summed E-state index contributed by atoms with van der Waals surface area (Å²) in [5, 5.41) is 0.826. The molecule has 1 aromatic heterocycles. The Bertz CT molecular complexity index is 350. The molecule has 0 radical (unpaired) electrons. The second kappa shape index (κ2) is 5.70. The van der Waals surface area contributed by atoms with Gasteiger partial charge in [0.25, 0.3) is 5.22 Å². The van der Waals surface area contributed by atoms with Crippen LogP contribution < -0.4 is 0 Å². The Labute approximate surface area is 113 Å². The van der Waals surface area contributed by atoms with Crippen molar-refractivity contribution >= 4 is 24.4 Å². The van der Waals surface area contributed by atoms with Gasteiger partial charge < -0.3 is 4.42 Å². The number of thioether (sulfide) groups is 1. The highest BCUT2D eigenvalue weighted by Gasteiger charge is 2.31. The Morgan fingerprint density at radius 2 is 2.00 bits per heavy atom. The maximum atomic E-state index is 5.62. The zero-order valence-electron chi connectivity index (χ0n) is 10.7. The molecular formula is C13H21NOS2. The second-order valence-corrected chi connectivity index (χ2v) is 6.37. The molecule has 0 aromatic carbocycles. The molecule has 1 heterocycles. The van der Waals surface area contributed by atoms with Crippen molar-refractivity contribution < 1.29 is 4.42 Å². The lowest BCUT2D eigenvalue weighted by molar-refractivity contribution is 0.258. The van der Waals surface area contributed by atoms with Crippen molar-refractivity contribution in [1.82, 2.24) is 4.98 Å². The predicted molar refractivity (Wildman–Crippen MR) is 76.1 cm³/mol. The number of oxazole rings is 1. The summed E-state index contributed by atoms with van der Waals surface area (Å²) in [6, 6.07) is 0. The van der Waals surface area contributed by atoms with Gasteiger partial charge in [-0.25, -0.2) is 4.98 Å². The number of hydrogen-bond acceptors (Lipinski definition) is 4.